The Bertz CT molecular complexity index is 473. The van der Waals surface area contributed by atoms with Gasteiger partial charge in [0.25, 0.3) is 10.0 Å². The van der Waals surface area contributed by atoms with Crippen molar-refractivity contribution < 1.29 is 17.6 Å². The van der Waals surface area contributed by atoms with Crippen LogP contribution in [0.1, 0.15) is 29.8 Å². The molecule has 1 saturated carbocycles. The Labute approximate surface area is 93.9 Å². The summed E-state index contributed by atoms with van der Waals surface area (Å²) >= 11 is 0. The Morgan fingerprint density at radius 1 is 1.44 bits per heavy atom. The van der Waals surface area contributed by atoms with Gasteiger partial charge in [-0.3, -0.25) is 4.79 Å². The standard InChI is InChI=1S/C10H13NO4S/c12-7-9-3-4-10(15-9)16(13,14)11-6-5-8-1-2-8/h3-4,7-8,11H,1-2,5-6H2. The van der Waals surface area contributed by atoms with Gasteiger partial charge in [-0.1, -0.05) is 12.8 Å². The average molecular weight is 243 g/mol. The number of hydrogen-bond acceptors (Lipinski definition) is 4. The molecule has 1 aromatic rings. The van der Waals surface area contributed by atoms with Crippen LogP contribution in [0.15, 0.2) is 21.6 Å². The second-order valence-electron chi connectivity index (χ2n) is 3.90. The molecule has 1 N–H and O–H groups in total. The first-order valence-electron chi connectivity index (χ1n) is 5.16. The molecular weight excluding hydrogens is 230 g/mol. The summed E-state index contributed by atoms with van der Waals surface area (Å²) in [5.74, 6) is 0.687. The SMILES string of the molecule is O=Cc1ccc(S(=O)(=O)NCCC2CC2)o1. The third-order valence-electron chi connectivity index (χ3n) is 2.52. The van der Waals surface area contributed by atoms with E-state index >= 15 is 0 Å². The van der Waals surface area contributed by atoms with E-state index in [0.29, 0.717) is 18.7 Å². The van der Waals surface area contributed by atoms with E-state index in [1.165, 1.54) is 25.0 Å². The van der Waals surface area contributed by atoms with E-state index in [9.17, 15) is 13.2 Å². The Morgan fingerprint density at radius 3 is 2.75 bits per heavy atom. The van der Waals surface area contributed by atoms with Gasteiger partial charge in [0.15, 0.2) is 12.0 Å². The zero-order valence-corrected chi connectivity index (χ0v) is 9.50. The van der Waals surface area contributed by atoms with Crippen LogP contribution < -0.4 is 4.72 Å². The number of hydrogen-bond donors (Lipinski definition) is 1. The number of carbonyl (C=O) groups is 1. The van der Waals surface area contributed by atoms with E-state index in [1.54, 1.807) is 0 Å². The molecule has 1 fully saturated rings. The van der Waals surface area contributed by atoms with Gasteiger partial charge in [-0.2, -0.15) is 0 Å². The van der Waals surface area contributed by atoms with Crippen LogP contribution in [0.5, 0.6) is 0 Å². The fourth-order valence-electron chi connectivity index (χ4n) is 1.42. The molecule has 0 unspecified atom stereocenters. The van der Waals surface area contributed by atoms with Crippen LogP contribution in [0.2, 0.25) is 0 Å². The molecule has 0 bridgehead atoms. The van der Waals surface area contributed by atoms with E-state index in [1.807, 2.05) is 0 Å². The van der Waals surface area contributed by atoms with Crippen molar-refractivity contribution in [2.45, 2.75) is 24.4 Å². The van der Waals surface area contributed by atoms with Gasteiger partial charge in [0.1, 0.15) is 0 Å². The highest BCUT2D eigenvalue weighted by molar-refractivity contribution is 7.89. The highest BCUT2D eigenvalue weighted by Gasteiger charge is 2.23. The molecule has 0 aliphatic heterocycles. The van der Waals surface area contributed by atoms with E-state index in [2.05, 4.69) is 4.72 Å². The molecule has 0 amide bonds. The van der Waals surface area contributed by atoms with Gasteiger partial charge in [0.2, 0.25) is 5.09 Å². The molecule has 88 valence electrons. The van der Waals surface area contributed by atoms with E-state index < -0.39 is 10.0 Å². The smallest absolute Gasteiger partial charge is 0.273 e. The predicted molar refractivity (Wildman–Crippen MR) is 56.6 cm³/mol. The topological polar surface area (TPSA) is 76.4 Å². The lowest BCUT2D eigenvalue weighted by atomic mass is 10.3. The highest BCUT2D eigenvalue weighted by Crippen LogP contribution is 2.31. The maximum atomic E-state index is 11.6. The quantitative estimate of drug-likeness (QED) is 0.761. The molecule has 1 aliphatic rings. The number of carbonyl (C=O) groups excluding carboxylic acids is 1. The second-order valence-corrected chi connectivity index (χ2v) is 5.60. The molecule has 1 aliphatic carbocycles. The first-order valence-corrected chi connectivity index (χ1v) is 6.65. The lowest BCUT2D eigenvalue weighted by Crippen LogP contribution is -2.24. The molecule has 5 nitrogen and oxygen atoms in total. The van der Waals surface area contributed by atoms with Gasteiger partial charge in [-0.05, 0) is 24.5 Å². The summed E-state index contributed by atoms with van der Waals surface area (Å²) in [7, 11) is -3.59. The van der Waals surface area contributed by atoms with E-state index in [0.717, 1.165) is 6.42 Å². The third kappa shape index (κ3) is 2.70. The van der Waals surface area contributed by atoms with Crippen molar-refractivity contribution in [2.75, 3.05) is 6.54 Å². The first-order chi connectivity index (χ1) is 7.62. The Balaban J connectivity index is 1.96. The minimum Gasteiger partial charge on any atom is -0.440 e. The Kier molecular flexibility index (Phi) is 3.11. The summed E-state index contributed by atoms with van der Waals surface area (Å²) in [6, 6.07) is 2.62. The molecule has 0 saturated heterocycles. The minimum absolute atomic E-state index is 0.0163. The van der Waals surface area contributed by atoms with Gasteiger partial charge in [-0.15, -0.1) is 0 Å². The van der Waals surface area contributed by atoms with Gasteiger partial charge in [0, 0.05) is 6.54 Å². The molecule has 6 heteroatoms. The van der Waals surface area contributed by atoms with Crippen LogP contribution in [-0.4, -0.2) is 21.2 Å². The monoisotopic (exact) mass is 243 g/mol. The Hall–Kier alpha value is -1.14. The van der Waals surface area contributed by atoms with Crippen molar-refractivity contribution in [3.05, 3.63) is 17.9 Å². The Morgan fingerprint density at radius 2 is 2.19 bits per heavy atom. The fourth-order valence-corrected chi connectivity index (χ4v) is 2.40. The molecule has 0 atom stereocenters. The maximum Gasteiger partial charge on any atom is 0.273 e. The van der Waals surface area contributed by atoms with Crippen molar-refractivity contribution in [3.63, 3.8) is 0 Å². The maximum absolute atomic E-state index is 11.6. The molecule has 0 radical (unpaired) electrons. The zero-order chi connectivity index (χ0) is 11.6. The minimum atomic E-state index is -3.59. The zero-order valence-electron chi connectivity index (χ0n) is 8.68. The molecule has 1 aromatic heterocycles. The van der Waals surface area contributed by atoms with E-state index in [4.69, 9.17) is 4.42 Å². The van der Waals surface area contributed by atoms with Crippen molar-refractivity contribution in [1.82, 2.24) is 4.72 Å². The molecule has 1 heterocycles. The highest BCUT2D eigenvalue weighted by atomic mass is 32.2. The molecule has 16 heavy (non-hydrogen) atoms. The molecule has 0 aromatic carbocycles. The largest absolute Gasteiger partial charge is 0.440 e. The van der Waals surface area contributed by atoms with Gasteiger partial charge >= 0.3 is 0 Å². The average Bonchev–Trinajstić information content (AvgIpc) is 2.93. The summed E-state index contributed by atoms with van der Waals surface area (Å²) < 4.78 is 30.6. The summed E-state index contributed by atoms with van der Waals surface area (Å²) in [5.41, 5.74) is 0. The summed E-state index contributed by atoms with van der Waals surface area (Å²) in [6.45, 7) is 0.421. The van der Waals surface area contributed by atoms with Crippen LogP contribution >= 0.6 is 0 Å². The number of aldehydes is 1. The number of nitrogens with one attached hydrogen (secondary N) is 1. The number of rotatable bonds is 6. The van der Waals surface area contributed by atoms with Gasteiger partial charge in [-0.25, -0.2) is 13.1 Å². The van der Waals surface area contributed by atoms with Crippen LogP contribution in [0, 0.1) is 5.92 Å². The van der Waals surface area contributed by atoms with Crippen molar-refractivity contribution in [1.29, 1.82) is 0 Å². The fraction of sp³-hybridized carbons (Fsp3) is 0.500. The van der Waals surface area contributed by atoms with Gasteiger partial charge < -0.3 is 4.42 Å². The number of sulfonamides is 1. The van der Waals surface area contributed by atoms with Crippen molar-refractivity contribution in [2.24, 2.45) is 5.92 Å². The summed E-state index contributed by atoms with van der Waals surface area (Å²) in [6.07, 6.45) is 3.72. The van der Waals surface area contributed by atoms with Gasteiger partial charge in [0.05, 0.1) is 0 Å². The van der Waals surface area contributed by atoms with Crippen LogP contribution in [0.25, 0.3) is 0 Å². The van der Waals surface area contributed by atoms with Crippen LogP contribution in [-0.2, 0) is 10.0 Å². The molecule has 0 spiro atoms. The van der Waals surface area contributed by atoms with Crippen molar-refractivity contribution >= 4 is 16.3 Å². The summed E-state index contributed by atoms with van der Waals surface area (Å²) in [5, 5.41) is -0.203. The van der Waals surface area contributed by atoms with Crippen molar-refractivity contribution in [3.8, 4) is 0 Å². The van der Waals surface area contributed by atoms with Crippen LogP contribution in [0.3, 0.4) is 0 Å². The lowest BCUT2D eigenvalue weighted by Gasteiger charge is -2.02. The first kappa shape index (κ1) is 11.3. The second kappa shape index (κ2) is 4.39. The van der Waals surface area contributed by atoms with E-state index in [-0.39, 0.29) is 10.9 Å². The lowest BCUT2D eigenvalue weighted by molar-refractivity contribution is 0.109. The molecular formula is C10H13NO4S. The summed E-state index contributed by atoms with van der Waals surface area (Å²) in [4.78, 5) is 10.3. The molecule has 2 rings (SSSR count). The number of furan rings is 1. The normalized spacial score (nSPS) is 16.2. The third-order valence-corrected chi connectivity index (χ3v) is 3.86. The van der Waals surface area contributed by atoms with Crippen LogP contribution in [0.4, 0.5) is 0 Å². The predicted octanol–water partition coefficient (Wildman–Crippen LogP) is 1.17.